The second-order valence-electron chi connectivity index (χ2n) is 4.81. The maximum absolute atomic E-state index is 5.95. The molecule has 0 atom stereocenters. The van der Waals surface area contributed by atoms with Gasteiger partial charge in [-0.25, -0.2) is 19.9 Å². The Morgan fingerprint density at radius 3 is 2.64 bits per heavy atom. The third kappa shape index (κ3) is 2.36. The summed E-state index contributed by atoms with van der Waals surface area (Å²) in [6.45, 7) is 2.98. The van der Waals surface area contributed by atoms with E-state index in [-0.39, 0.29) is 5.28 Å². The van der Waals surface area contributed by atoms with Gasteiger partial charge >= 0.3 is 0 Å². The SMILES string of the molecule is Clc1nc(-c2cnc(N3CCOCC3)nc2)c2nc[nH]c2n1. The number of ether oxygens (including phenoxy) is 1. The Labute approximate surface area is 130 Å². The Morgan fingerprint density at radius 2 is 1.86 bits per heavy atom. The van der Waals surface area contributed by atoms with Gasteiger partial charge in [0.1, 0.15) is 11.2 Å². The number of anilines is 1. The molecule has 8 nitrogen and oxygen atoms in total. The maximum atomic E-state index is 5.95. The Morgan fingerprint density at radius 1 is 1.09 bits per heavy atom. The molecule has 0 aliphatic carbocycles. The van der Waals surface area contributed by atoms with Crippen molar-refractivity contribution in [1.29, 1.82) is 0 Å². The fourth-order valence-electron chi connectivity index (χ4n) is 2.38. The zero-order valence-electron chi connectivity index (χ0n) is 11.5. The lowest BCUT2D eigenvalue weighted by Gasteiger charge is -2.26. The number of morpholine rings is 1. The molecule has 4 heterocycles. The molecule has 112 valence electrons. The summed E-state index contributed by atoms with van der Waals surface area (Å²) in [7, 11) is 0. The molecule has 0 bridgehead atoms. The number of halogens is 1. The van der Waals surface area contributed by atoms with Gasteiger partial charge in [-0.1, -0.05) is 0 Å². The van der Waals surface area contributed by atoms with E-state index in [4.69, 9.17) is 16.3 Å². The second-order valence-corrected chi connectivity index (χ2v) is 5.15. The summed E-state index contributed by atoms with van der Waals surface area (Å²) in [5.74, 6) is 0.686. The number of hydrogen-bond donors (Lipinski definition) is 1. The van der Waals surface area contributed by atoms with Crippen LogP contribution < -0.4 is 4.90 Å². The summed E-state index contributed by atoms with van der Waals surface area (Å²) in [4.78, 5) is 26.4. The molecule has 22 heavy (non-hydrogen) atoms. The van der Waals surface area contributed by atoms with E-state index in [0.29, 0.717) is 36.0 Å². The Hall–Kier alpha value is -2.32. The van der Waals surface area contributed by atoms with Crippen LogP contribution in [0.5, 0.6) is 0 Å². The topological polar surface area (TPSA) is 92.7 Å². The number of H-pyrrole nitrogens is 1. The van der Waals surface area contributed by atoms with Crippen LogP contribution in [0, 0.1) is 0 Å². The molecule has 1 fully saturated rings. The number of aromatic nitrogens is 6. The first-order valence-corrected chi connectivity index (χ1v) is 7.21. The first kappa shape index (κ1) is 13.4. The van der Waals surface area contributed by atoms with E-state index in [0.717, 1.165) is 18.7 Å². The number of fused-ring (bicyclic) bond motifs is 1. The van der Waals surface area contributed by atoms with Gasteiger partial charge in [0, 0.05) is 31.0 Å². The molecule has 0 amide bonds. The fourth-order valence-corrected chi connectivity index (χ4v) is 2.55. The number of nitrogens with one attached hydrogen (secondary N) is 1. The molecule has 1 aliphatic heterocycles. The fraction of sp³-hybridized carbons (Fsp3) is 0.308. The average Bonchev–Trinajstić information content (AvgIpc) is 3.03. The Bertz CT molecular complexity index is 798. The molecular formula is C13H12ClN7O. The van der Waals surface area contributed by atoms with Crippen LogP contribution >= 0.6 is 11.6 Å². The zero-order valence-corrected chi connectivity index (χ0v) is 12.3. The number of imidazole rings is 1. The molecule has 4 rings (SSSR count). The van der Waals surface area contributed by atoms with Gasteiger partial charge in [-0.2, -0.15) is 4.98 Å². The highest BCUT2D eigenvalue weighted by atomic mass is 35.5. The van der Waals surface area contributed by atoms with Crippen LogP contribution in [0.4, 0.5) is 5.95 Å². The molecule has 1 aliphatic rings. The van der Waals surface area contributed by atoms with Gasteiger partial charge in [0.2, 0.25) is 11.2 Å². The van der Waals surface area contributed by atoms with Crippen LogP contribution in [-0.4, -0.2) is 56.2 Å². The van der Waals surface area contributed by atoms with Crippen molar-refractivity contribution in [3.05, 3.63) is 24.0 Å². The maximum Gasteiger partial charge on any atom is 0.225 e. The largest absolute Gasteiger partial charge is 0.378 e. The summed E-state index contributed by atoms with van der Waals surface area (Å²) in [6.07, 6.45) is 5.01. The molecule has 9 heteroatoms. The van der Waals surface area contributed by atoms with E-state index in [1.54, 1.807) is 18.7 Å². The highest BCUT2D eigenvalue weighted by molar-refractivity contribution is 6.28. The minimum absolute atomic E-state index is 0.156. The lowest BCUT2D eigenvalue weighted by atomic mass is 10.2. The van der Waals surface area contributed by atoms with Crippen molar-refractivity contribution in [3.63, 3.8) is 0 Å². The molecule has 1 saturated heterocycles. The number of rotatable bonds is 2. The second kappa shape index (κ2) is 5.47. The number of aromatic amines is 1. The van der Waals surface area contributed by atoms with Crippen LogP contribution in [0.15, 0.2) is 18.7 Å². The minimum Gasteiger partial charge on any atom is -0.378 e. The van der Waals surface area contributed by atoms with E-state index in [9.17, 15) is 0 Å². The zero-order chi connectivity index (χ0) is 14.9. The van der Waals surface area contributed by atoms with Crippen LogP contribution in [-0.2, 0) is 4.74 Å². The van der Waals surface area contributed by atoms with E-state index in [1.165, 1.54) is 0 Å². The minimum atomic E-state index is 0.156. The van der Waals surface area contributed by atoms with E-state index >= 15 is 0 Å². The molecule has 1 N–H and O–H groups in total. The highest BCUT2D eigenvalue weighted by Gasteiger charge is 2.16. The predicted molar refractivity (Wildman–Crippen MR) is 80.8 cm³/mol. The van der Waals surface area contributed by atoms with Crippen molar-refractivity contribution in [2.24, 2.45) is 0 Å². The van der Waals surface area contributed by atoms with Crippen molar-refractivity contribution in [2.45, 2.75) is 0 Å². The van der Waals surface area contributed by atoms with Crippen LogP contribution in [0.3, 0.4) is 0 Å². The van der Waals surface area contributed by atoms with E-state index < -0.39 is 0 Å². The molecule has 0 spiro atoms. The Balaban J connectivity index is 1.71. The summed E-state index contributed by atoms with van der Waals surface area (Å²) in [6, 6.07) is 0. The first-order chi connectivity index (χ1) is 10.8. The Kier molecular flexibility index (Phi) is 3.32. The quantitative estimate of drug-likeness (QED) is 0.712. The van der Waals surface area contributed by atoms with Crippen LogP contribution in [0.1, 0.15) is 0 Å². The molecule has 3 aromatic rings. The first-order valence-electron chi connectivity index (χ1n) is 6.83. The average molecular weight is 318 g/mol. The summed E-state index contributed by atoms with van der Waals surface area (Å²) >= 11 is 5.95. The monoisotopic (exact) mass is 317 g/mol. The highest BCUT2D eigenvalue weighted by Crippen LogP contribution is 2.24. The standard InChI is InChI=1S/C13H12ClN7O/c14-12-19-9(10-11(20-12)18-7-17-10)8-5-15-13(16-6-8)21-1-3-22-4-2-21/h5-7H,1-4H2,(H,17,18,19,20). The third-order valence-corrected chi connectivity index (χ3v) is 3.63. The third-order valence-electron chi connectivity index (χ3n) is 3.46. The lowest BCUT2D eigenvalue weighted by molar-refractivity contribution is 0.122. The molecule has 0 saturated carbocycles. The van der Waals surface area contributed by atoms with Gasteiger partial charge in [-0.05, 0) is 11.6 Å². The number of hydrogen-bond acceptors (Lipinski definition) is 7. The molecule has 0 radical (unpaired) electrons. The van der Waals surface area contributed by atoms with Crippen LogP contribution in [0.25, 0.3) is 22.4 Å². The number of nitrogens with zero attached hydrogens (tertiary/aromatic N) is 6. The van der Waals surface area contributed by atoms with E-state index in [1.807, 2.05) is 0 Å². The lowest BCUT2D eigenvalue weighted by Crippen LogP contribution is -2.37. The van der Waals surface area contributed by atoms with Gasteiger partial charge in [-0.3, -0.25) is 0 Å². The van der Waals surface area contributed by atoms with Crippen molar-refractivity contribution >= 4 is 28.7 Å². The van der Waals surface area contributed by atoms with Gasteiger partial charge in [-0.15, -0.1) is 0 Å². The van der Waals surface area contributed by atoms with Crippen molar-refractivity contribution in [3.8, 4) is 11.3 Å². The normalized spacial score (nSPS) is 15.4. The van der Waals surface area contributed by atoms with Crippen molar-refractivity contribution in [2.75, 3.05) is 31.2 Å². The summed E-state index contributed by atoms with van der Waals surface area (Å²) in [5, 5.41) is 0.156. The van der Waals surface area contributed by atoms with Gasteiger partial charge in [0.15, 0.2) is 5.65 Å². The summed E-state index contributed by atoms with van der Waals surface area (Å²) < 4.78 is 5.33. The molecular weight excluding hydrogens is 306 g/mol. The summed E-state index contributed by atoms with van der Waals surface area (Å²) in [5.41, 5.74) is 2.60. The molecule has 0 aromatic carbocycles. The van der Waals surface area contributed by atoms with E-state index in [2.05, 4.69) is 34.8 Å². The van der Waals surface area contributed by atoms with Crippen molar-refractivity contribution < 1.29 is 4.74 Å². The predicted octanol–water partition coefficient (Wildman–Crippen LogP) is 1.30. The van der Waals surface area contributed by atoms with Gasteiger partial charge < -0.3 is 14.6 Å². The molecule has 0 unspecified atom stereocenters. The van der Waals surface area contributed by atoms with Crippen LogP contribution in [0.2, 0.25) is 5.28 Å². The van der Waals surface area contributed by atoms with Gasteiger partial charge in [0.05, 0.1) is 19.5 Å². The smallest absolute Gasteiger partial charge is 0.225 e. The van der Waals surface area contributed by atoms with Gasteiger partial charge in [0.25, 0.3) is 0 Å². The molecule has 3 aromatic heterocycles. The van der Waals surface area contributed by atoms with Crippen molar-refractivity contribution in [1.82, 2.24) is 29.9 Å².